The second-order valence-corrected chi connectivity index (χ2v) is 5.41. The quantitative estimate of drug-likeness (QED) is 0.216. The van der Waals surface area contributed by atoms with Gasteiger partial charge in [0.1, 0.15) is 36.6 Å². The molecule has 2 saturated heterocycles. The van der Waals surface area contributed by atoms with Gasteiger partial charge in [0.25, 0.3) is 0 Å². The van der Waals surface area contributed by atoms with Gasteiger partial charge in [0, 0.05) is 0 Å². The third kappa shape index (κ3) is 4.32. The Morgan fingerprint density at radius 2 is 0.727 bits per heavy atom. The Bertz CT molecular complexity index is 282. The van der Waals surface area contributed by atoms with E-state index in [-0.39, 0.29) is 0 Å². The lowest BCUT2D eigenvalue weighted by Crippen LogP contribution is -2.56. The molecule has 10 atom stereocenters. The van der Waals surface area contributed by atoms with Gasteiger partial charge in [-0.05, 0) is 13.8 Å². The van der Waals surface area contributed by atoms with Crippen molar-refractivity contribution in [3.05, 3.63) is 0 Å². The summed E-state index contributed by atoms with van der Waals surface area (Å²) in [6, 6.07) is 0. The lowest BCUT2D eigenvalue weighted by Gasteiger charge is -2.36. The average molecular weight is 328 g/mol. The van der Waals surface area contributed by atoms with E-state index in [1.54, 1.807) is 0 Å². The van der Waals surface area contributed by atoms with Crippen LogP contribution in [0.5, 0.6) is 0 Å². The van der Waals surface area contributed by atoms with Crippen molar-refractivity contribution in [3.63, 3.8) is 0 Å². The van der Waals surface area contributed by atoms with Crippen LogP contribution in [0.2, 0.25) is 0 Å². The van der Waals surface area contributed by atoms with Crippen molar-refractivity contribution in [3.8, 4) is 0 Å². The average Bonchev–Trinajstić information content (AvgIpc) is 2.47. The predicted octanol–water partition coefficient (Wildman–Crippen LogP) is -4.39. The molecule has 0 aromatic carbocycles. The first-order valence-corrected chi connectivity index (χ1v) is 6.83. The standard InChI is InChI=1S/2C6H12O5/c2*1-2-3(7)4(8)5(9)6(10)11-2/h2*2-10H,1H3/t2-,3+,4+,5-,6+;2-,3+,4+,5-,6-/m01/s1. The van der Waals surface area contributed by atoms with E-state index in [0.29, 0.717) is 0 Å². The third-order valence-electron chi connectivity index (χ3n) is 3.65. The Morgan fingerprint density at radius 1 is 0.455 bits per heavy atom. The summed E-state index contributed by atoms with van der Waals surface area (Å²) in [6.45, 7) is 3.01. The van der Waals surface area contributed by atoms with Crippen molar-refractivity contribution in [1.82, 2.24) is 0 Å². The molecule has 2 heterocycles. The lowest BCUT2D eigenvalue weighted by atomic mass is 10.0. The first-order chi connectivity index (χ1) is 10.1. The van der Waals surface area contributed by atoms with Gasteiger partial charge < -0.3 is 50.3 Å². The van der Waals surface area contributed by atoms with Gasteiger partial charge in [-0.15, -0.1) is 0 Å². The molecule has 10 nitrogen and oxygen atoms in total. The van der Waals surface area contributed by atoms with Crippen molar-refractivity contribution < 1.29 is 50.3 Å². The van der Waals surface area contributed by atoms with Crippen LogP contribution in [0.1, 0.15) is 13.8 Å². The van der Waals surface area contributed by atoms with E-state index in [9.17, 15) is 0 Å². The Balaban J connectivity index is 0.000000220. The number of rotatable bonds is 0. The zero-order chi connectivity index (χ0) is 17.2. The highest BCUT2D eigenvalue weighted by Crippen LogP contribution is 2.19. The second-order valence-electron chi connectivity index (χ2n) is 5.41. The lowest BCUT2D eigenvalue weighted by molar-refractivity contribution is -0.277. The largest absolute Gasteiger partial charge is 0.388 e. The molecule has 0 unspecified atom stereocenters. The second kappa shape index (κ2) is 7.93. The van der Waals surface area contributed by atoms with Crippen LogP contribution in [0.25, 0.3) is 0 Å². The molecule has 132 valence electrons. The highest BCUT2D eigenvalue weighted by molar-refractivity contribution is 4.86. The molecule has 0 saturated carbocycles. The molecule has 2 rings (SSSR count). The normalized spacial score (nSPS) is 52.6. The van der Waals surface area contributed by atoms with Crippen LogP contribution >= 0.6 is 0 Å². The van der Waals surface area contributed by atoms with E-state index in [1.165, 1.54) is 13.8 Å². The van der Waals surface area contributed by atoms with E-state index in [1.807, 2.05) is 0 Å². The summed E-state index contributed by atoms with van der Waals surface area (Å²) in [5.74, 6) is 0. The molecule has 0 aromatic heterocycles. The summed E-state index contributed by atoms with van der Waals surface area (Å²) in [4.78, 5) is 0. The Morgan fingerprint density at radius 3 is 1.00 bits per heavy atom. The van der Waals surface area contributed by atoms with E-state index >= 15 is 0 Å². The molecule has 0 aromatic rings. The number of aliphatic hydroxyl groups is 8. The predicted molar refractivity (Wildman–Crippen MR) is 69.1 cm³/mol. The van der Waals surface area contributed by atoms with Gasteiger partial charge in [-0.1, -0.05) is 0 Å². The van der Waals surface area contributed by atoms with Gasteiger partial charge in [-0.25, -0.2) is 0 Å². The zero-order valence-corrected chi connectivity index (χ0v) is 12.2. The van der Waals surface area contributed by atoms with Crippen LogP contribution in [-0.4, -0.2) is 102 Å². The van der Waals surface area contributed by atoms with Crippen LogP contribution in [0.3, 0.4) is 0 Å². The van der Waals surface area contributed by atoms with Crippen molar-refractivity contribution >= 4 is 0 Å². The summed E-state index contributed by atoms with van der Waals surface area (Å²) >= 11 is 0. The summed E-state index contributed by atoms with van der Waals surface area (Å²) < 4.78 is 9.35. The SMILES string of the molecule is C[C@@H]1O[C@@H](O)[C@@H](O)[C@H](O)[C@@H]1O.C[C@H]1O[C@@H](O)[C@H](O)[C@@H](O)[C@H]1O. The van der Waals surface area contributed by atoms with Crippen LogP contribution in [0, 0.1) is 0 Å². The van der Waals surface area contributed by atoms with Crippen molar-refractivity contribution in [2.45, 2.75) is 75.3 Å². The molecule has 2 aliphatic heterocycles. The maximum Gasteiger partial charge on any atom is 0.183 e. The minimum Gasteiger partial charge on any atom is -0.388 e. The number of ether oxygens (including phenoxy) is 2. The molecule has 0 radical (unpaired) electrons. The van der Waals surface area contributed by atoms with Gasteiger partial charge >= 0.3 is 0 Å². The Hall–Kier alpha value is -0.400. The van der Waals surface area contributed by atoms with Crippen molar-refractivity contribution in [1.29, 1.82) is 0 Å². The van der Waals surface area contributed by atoms with Gasteiger partial charge in [-0.3, -0.25) is 0 Å². The molecular formula is C12H24O10. The topological polar surface area (TPSA) is 180 Å². The molecule has 22 heavy (non-hydrogen) atoms. The molecule has 8 N–H and O–H groups in total. The minimum absolute atomic E-state index is 0.664. The van der Waals surface area contributed by atoms with E-state index < -0.39 is 61.4 Å². The highest BCUT2D eigenvalue weighted by atomic mass is 16.6. The number of aliphatic hydroxyl groups excluding tert-OH is 8. The van der Waals surface area contributed by atoms with Crippen LogP contribution in [0.4, 0.5) is 0 Å². The minimum atomic E-state index is -1.43. The Labute approximate surface area is 126 Å². The maximum absolute atomic E-state index is 9.09. The first kappa shape index (κ1) is 19.6. The molecular weight excluding hydrogens is 304 g/mol. The molecule has 0 bridgehead atoms. The van der Waals surface area contributed by atoms with Gasteiger partial charge in [0.05, 0.1) is 12.2 Å². The fourth-order valence-corrected chi connectivity index (χ4v) is 2.06. The van der Waals surface area contributed by atoms with Gasteiger partial charge in [-0.2, -0.15) is 0 Å². The smallest absolute Gasteiger partial charge is 0.183 e. The Kier molecular flexibility index (Phi) is 7.08. The fraction of sp³-hybridized carbons (Fsp3) is 1.00. The van der Waals surface area contributed by atoms with Gasteiger partial charge in [0.15, 0.2) is 12.6 Å². The van der Waals surface area contributed by atoms with Crippen LogP contribution < -0.4 is 0 Å². The number of hydrogen-bond donors (Lipinski definition) is 8. The summed E-state index contributed by atoms with van der Waals surface area (Å²) in [7, 11) is 0. The monoisotopic (exact) mass is 328 g/mol. The molecule has 0 aliphatic carbocycles. The molecule has 0 spiro atoms. The summed E-state index contributed by atoms with van der Waals surface area (Å²) in [5, 5.41) is 72.0. The van der Waals surface area contributed by atoms with E-state index in [0.717, 1.165) is 0 Å². The van der Waals surface area contributed by atoms with Crippen LogP contribution in [-0.2, 0) is 9.47 Å². The van der Waals surface area contributed by atoms with Crippen LogP contribution in [0.15, 0.2) is 0 Å². The van der Waals surface area contributed by atoms with Crippen molar-refractivity contribution in [2.24, 2.45) is 0 Å². The third-order valence-corrected chi connectivity index (χ3v) is 3.65. The molecule has 2 aliphatic rings. The number of hydrogen-bond acceptors (Lipinski definition) is 10. The van der Waals surface area contributed by atoms with E-state index in [2.05, 4.69) is 9.47 Å². The highest BCUT2D eigenvalue weighted by Gasteiger charge is 2.41. The van der Waals surface area contributed by atoms with Gasteiger partial charge in [0.2, 0.25) is 0 Å². The molecule has 2 fully saturated rings. The zero-order valence-electron chi connectivity index (χ0n) is 12.2. The summed E-state index contributed by atoms with van der Waals surface area (Å²) in [6.07, 6.45) is -12.0. The fourth-order valence-electron chi connectivity index (χ4n) is 2.06. The maximum atomic E-state index is 9.09. The first-order valence-electron chi connectivity index (χ1n) is 6.83. The van der Waals surface area contributed by atoms with Crippen molar-refractivity contribution in [2.75, 3.05) is 0 Å². The molecule has 0 amide bonds. The molecule has 10 heteroatoms. The van der Waals surface area contributed by atoms with E-state index in [4.69, 9.17) is 40.9 Å². The summed E-state index contributed by atoms with van der Waals surface area (Å²) in [5.41, 5.74) is 0.